The van der Waals surface area contributed by atoms with Crippen molar-refractivity contribution in [2.24, 2.45) is 0 Å². The van der Waals surface area contributed by atoms with Crippen molar-refractivity contribution in [1.29, 1.82) is 0 Å². The van der Waals surface area contributed by atoms with Gasteiger partial charge in [-0.25, -0.2) is 13.4 Å². The van der Waals surface area contributed by atoms with Crippen LogP contribution in [0.3, 0.4) is 0 Å². The lowest BCUT2D eigenvalue weighted by molar-refractivity contribution is 0.599. The van der Waals surface area contributed by atoms with Crippen LogP contribution in [0.5, 0.6) is 0 Å². The maximum atomic E-state index is 11.0. The molecule has 6 heteroatoms. The molecular formula is C6H6N2O2S2. The van der Waals surface area contributed by atoms with Crippen molar-refractivity contribution in [2.45, 2.75) is 5.03 Å². The standard InChI is InChI=1S/C6H6N2O2S2/c1-12(9,10)5-4-8-2-3-11-6(8)7-5/h2-4H,1H3. The molecular weight excluding hydrogens is 196 g/mol. The molecule has 0 fully saturated rings. The Morgan fingerprint density at radius 1 is 1.58 bits per heavy atom. The first kappa shape index (κ1) is 7.75. The lowest BCUT2D eigenvalue weighted by Gasteiger charge is -1.85. The lowest BCUT2D eigenvalue weighted by atomic mass is 10.9. The molecule has 0 saturated heterocycles. The summed E-state index contributed by atoms with van der Waals surface area (Å²) in [6.07, 6.45) is 4.45. The van der Waals surface area contributed by atoms with Gasteiger partial charge in [0.05, 0.1) is 0 Å². The molecule has 0 N–H and O–H groups in total. The molecule has 2 heterocycles. The van der Waals surface area contributed by atoms with Crippen LogP contribution in [0.15, 0.2) is 22.8 Å². The Balaban J connectivity index is 2.75. The number of sulfone groups is 1. The van der Waals surface area contributed by atoms with E-state index in [0.29, 0.717) is 4.96 Å². The van der Waals surface area contributed by atoms with Gasteiger partial charge in [-0.3, -0.25) is 4.40 Å². The Hall–Kier alpha value is -0.880. The quantitative estimate of drug-likeness (QED) is 0.687. The molecule has 0 aliphatic carbocycles. The molecule has 0 spiro atoms. The molecule has 0 unspecified atom stereocenters. The molecule has 64 valence electrons. The molecule has 0 atom stereocenters. The zero-order chi connectivity index (χ0) is 8.77. The zero-order valence-electron chi connectivity index (χ0n) is 6.26. The average Bonchev–Trinajstić information content (AvgIpc) is 2.37. The average molecular weight is 202 g/mol. The Morgan fingerprint density at radius 3 is 2.92 bits per heavy atom. The lowest BCUT2D eigenvalue weighted by Crippen LogP contribution is -1.96. The van der Waals surface area contributed by atoms with Crippen LogP contribution >= 0.6 is 11.3 Å². The number of thiazole rings is 1. The maximum Gasteiger partial charge on any atom is 0.194 e. The molecule has 2 aromatic rings. The fourth-order valence-electron chi connectivity index (χ4n) is 0.885. The van der Waals surface area contributed by atoms with Crippen LogP contribution in [0.25, 0.3) is 4.96 Å². The highest BCUT2D eigenvalue weighted by Crippen LogP contribution is 2.14. The van der Waals surface area contributed by atoms with Gasteiger partial charge in [0, 0.05) is 24.0 Å². The predicted molar refractivity (Wildman–Crippen MR) is 46.2 cm³/mol. The summed E-state index contributed by atoms with van der Waals surface area (Å²) in [6.45, 7) is 0. The topological polar surface area (TPSA) is 51.4 Å². The molecule has 2 aromatic heterocycles. The molecule has 2 rings (SSSR count). The maximum absolute atomic E-state index is 11.0. The summed E-state index contributed by atoms with van der Waals surface area (Å²) in [4.78, 5) is 4.64. The molecule has 0 aliphatic heterocycles. The van der Waals surface area contributed by atoms with Crippen molar-refractivity contribution in [1.82, 2.24) is 9.38 Å². The number of hydrogen-bond acceptors (Lipinski definition) is 4. The van der Waals surface area contributed by atoms with E-state index in [1.165, 1.54) is 17.5 Å². The van der Waals surface area contributed by atoms with Gasteiger partial charge in [0.1, 0.15) is 0 Å². The van der Waals surface area contributed by atoms with Gasteiger partial charge in [0.25, 0.3) is 0 Å². The van der Waals surface area contributed by atoms with Gasteiger partial charge in [0.15, 0.2) is 19.8 Å². The Morgan fingerprint density at radius 2 is 2.33 bits per heavy atom. The summed E-state index contributed by atoms with van der Waals surface area (Å²) in [5, 5.41) is 1.99. The highest BCUT2D eigenvalue weighted by molar-refractivity contribution is 7.90. The van der Waals surface area contributed by atoms with Crippen LogP contribution in [0.4, 0.5) is 0 Å². The molecule has 0 amide bonds. The van der Waals surface area contributed by atoms with Crippen molar-refractivity contribution >= 4 is 26.1 Å². The third kappa shape index (κ3) is 1.12. The fourth-order valence-corrected chi connectivity index (χ4v) is 2.20. The number of rotatable bonds is 1. The van der Waals surface area contributed by atoms with Gasteiger partial charge in [-0.15, -0.1) is 11.3 Å². The number of fused-ring (bicyclic) bond motifs is 1. The molecule has 0 radical (unpaired) electrons. The highest BCUT2D eigenvalue weighted by atomic mass is 32.2. The fraction of sp³-hybridized carbons (Fsp3) is 0.167. The van der Waals surface area contributed by atoms with Crippen molar-refractivity contribution in [3.63, 3.8) is 0 Å². The van der Waals surface area contributed by atoms with Gasteiger partial charge in [-0.1, -0.05) is 0 Å². The molecule has 0 aromatic carbocycles. The minimum absolute atomic E-state index is 0.134. The van der Waals surface area contributed by atoms with Crippen molar-refractivity contribution in [3.05, 3.63) is 17.8 Å². The van der Waals surface area contributed by atoms with E-state index in [-0.39, 0.29) is 5.03 Å². The van der Waals surface area contributed by atoms with Gasteiger partial charge in [0.2, 0.25) is 0 Å². The van der Waals surface area contributed by atoms with E-state index in [0.717, 1.165) is 6.26 Å². The molecule has 12 heavy (non-hydrogen) atoms. The molecule has 0 bridgehead atoms. The summed E-state index contributed by atoms with van der Waals surface area (Å²) in [6, 6.07) is 0. The summed E-state index contributed by atoms with van der Waals surface area (Å²) in [5.41, 5.74) is 0. The van der Waals surface area contributed by atoms with E-state index in [4.69, 9.17) is 0 Å². The van der Waals surface area contributed by atoms with Crippen LogP contribution in [-0.4, -0.2) is 24.1 Å². The van der Waals surface area contributed by atoms with Gasteiger partial charge in [-0.05, 0) is 0 Å². The first-order valence-electron chi connectivity index (χ1n) is 3.19. The second kappa shape index (κ2) is 2.30. The van der Waals surface area contributed by atoms with Crippen molar-refractivity contribution in [3.8, 4) is 0 Å². The summed E-state index contributed by atoms with van der Waals surface area (Å²) >= 11 is 1.41. The molecule has 4 nitrogen and oxygen atoms in total. The third-order valence-corrected chi connectivity index (χ3v) is 3.18. The number of hydrogen-bond donors (Lipinski definition) is 0. The summed E-state index contributed by atoms with van der Waals surface area (Å²) in [5.74, 6) is 0. The van der Waals surface area contributed by atoms with Gasteiger partial charge < -0.3 is 0 Å². The first-order chi connectivity index (χ1) is 5.57. The second-order valence-electron chi connectivity index (χ2n) is 2.44. The van der Waals surface area contributed by atoms with E-state index in [2.05, 4.69) is 4.98 Å². The van der Waals surface area contributed by atoms with E-state index < -0.39 is 9.84 Å². The monoisotopic (exact) mass is 202 g/mol. The number of nitrogens with zero attached hydrogens (tertiary/aromatic N) is 2. The largest absolute Gasteiger partial charge is 0.296 e. The second-order valence-corrected chi connectivity index (χ2v) is 5.28. The van der Waals surface area contributed by atoms with Crippen molar-refractivity contribution in [2.75, 3.05) is 6.26 Å². The van der Waals surface area contributed by atoms with Gasteiger partial charge in [-0.2, -0.15) is 0 Å². The summed E-state index contributed by atoms with van der Waals surface area (Å²) in [7, 11) is -3.16. The first-order valence-corrected chi connectivity index (χ1v) is 5.97. The van der Waals surface area contributed by atoms with Crippen LogP contribution < -0.4 is 0 Å². The van der Waals surface area contributed by atoms with Crippen LogP contribution in [0, 0.1) is 0 Å². The SMILES string of the molecule is CS(=O)(=O)c1cn2ccsc2n1. The highest BCUT2D eigenvalue weighted by Gasteiger charge is 2.11. The van der Waals surface area contributed by atoms with E-state index >= 15 is 0 Å². The van der Waals surface area contributed by atoms with E-state index in [9.17, 15) is 8.42 Å². The Kier molecular flexibility index (Phi) is 1.49. The normalized spacial score (nSPS) is 12.4. The third-order valence-electron chi connectivity index (χ3n) is 1.45. The molecule has 0 saturated carbocycles. The van der Waals surface area contributed by atoms with Crippen LogP contribution in [0.1, 0.15) is 0 Å². The van der Waals surface area contributed by atoms with Crippen LogP contribution in [-0.2, 0) is 9.84 Å². The van der Waals surface area contributed by atoms with Crippen LogP contribution in [0.2, 0.25) is 0 Å². The number of imidazole rings is 1. The van der Waals surface area contributed by atoms with E-state index in [1.807, 2.05) is 5.38 Å². The zero-order valence-corrected chi connectivity index (χ0v) is 7.89. The van der Waals surface area contributed by atoms with Gasteiger partial charge >= 0.3 is 0 Å². The minimum Gasteiger partial charge on any atom is -0.296 e. The smallest absolute Gasteiger partial charge is 0.194 e. The Labute approximate surface area is 73.4 Å². The molecule has 0 aliphatic rings. The summed E-state index contributed by atoms with van der Waals surface area (Å²) < 4.78 is 23.8. The van der Waals surface area contributed by atoms with E-state index in [1.54, 1.807) is 10.6 Å². The number of aromatic nitrogens is 2. The van der Waals surface area contributed by atoms with Crippen molar-refractivity contribution < 1.29 is 8.42 Å². The Bertz CT molecular complexity index is 480. The predicted octanol–water partition coefficient (Wildman–Crippen LogP) is 0.799. The minimum atomic E-state index is -3.16.